The van der Waals surface area contributed by atoms with Crippen molar-refractivity contribution in [1.82, 2.24) is 0 Å². The van der Waals surface area contributed by atoms with E-state index in [-0.39, 0.29) is 11.2 Å². The molecule has 4 heteroatoms. The van der Waals surface area contributed by atoms with E-state index in [1.807, 2.05) is 25.1 Å². The Morgan fingerprint density at radius 2 is 1.55 bits per heavy atom. The van der Waals surface area contributed by atoms with Gasteiger partial charge in [-0.05, 0) is 57.6 Å². The minimum atomic E-state index is -0.412. The van der Waals surface area contributed by atoms with Crippen molar-refractivity contribution in [2.75, 3.05) is 6.61 Å². The lowest BCUT2D eigenvalue weighted by molar-refractivity contribution is -0.120. The van der Waals surface area contributed by atoms with Crippen LogP contribution in [0.2, 0.25) is 0 Å². The molecule has 5 rings (SSSR count). The van der Waals surface area contributed by atoms with Gasteiger partial charge in [0.1, 0.15) is 5.75 Å². The minimum absolute atomic E-state index is 0.114. The number of hydrogen-bond acceptors (Lipinski definition) is 4. The Morgan fingerprint density at radius 1 is 0.939 bits per heavy atom. The van der Waals surface area contributed by atoms with E-state index in [1.165, 1.54) is 0 Å². The predicted octanol–water partition coefficient (Wildman–Crippen LogP) is 7.15. The summed E-state index contributed by atoms with van der Waals surface area (Å²) in [6, 6.07) is 23.1. The summed E-state index contributed by atoms with van der Waals surface area (Å²) >= 11 is 0. The van der Waals surface area contributed by atoms with Crippen LogP contribution >= 0.6 is 0 Å². The summed E-state index contributed by atoms with van der Waals surface area (Å²) in [7, 11) is 0. The van der Waals surface area contributed by atoms with Gasteiger partial charge in [-0.25, -0.2) is 0 Å². The number of fused-ring (bicyclic) bond motifs is 2. The highest BCUT2D eigenvalue weighted by atomic mass is 16.8. The molecule has 0 spiro atoms. The molecule has 0 saturated heterocycles. The van der Waals surface area contributed by atoms with Crippen LogP contribution in [0.15, 0.2) is 71.9 Å². The highest BCUT2D eigenvalue weighted by Gasteiger charge is 2.28. The monoisotopic (exact) mass is 439 g/mol. The van der Waals surface area contributed by atoms with Crippen LogP contribution in [0.3, 0.4) is 0 Å². The molecule has 1 N–H and O–H groups in total. The van der Waals surface area contributed by atoms with Gasteiger partial charge in [-0.1, -0.05) is 74.5 Å². The second kappa shape index (κ2) is 8.20. The molecule has 1 atom stereocenters. The van der Waals surface area contributed by atoms with Gasteiger partial charge in [-0.15, -0.1) is 0 Å². The van der Waals surface area contributed by atoms with Crippen LogP contribution in [0.1, 0.15) is 45.2 Å². The van der Waals surface area contributed by atoms with Crippen LogP contribution in [0.25, 0.3) is 32.7 Å². The second-order valence-electron chi connectivity index (χ2n) is 9.60. The lowest BCUT2D eigenvalue weighted by atomic mass is 9.81. The van der Waals surface area contributed by atoms with Crippen molar-refractivity contribution >= 4 is 27.3 Å². The van der Waals surface area contributed by atoms with Gasteiger partial charge in [-0.3, -0.25) is 0 Å². The number of aromatic hydroxyl groups is 1. The van der Waals surface area contributed by atoms with Gasteiger partial charge < -0.3 is 14.7 Å². The SMILES string of the molecule is CCOC1CC(c2cc(C(C)(C)C)cc(-c3c4ccccc4cc4ccccc34)c2O)=NO1. The quantitative estimate of drug-likeness (QED) is 0.344. The summed E-state index contributed by atoms with van der Waals surface area (Å²) in [4.78, 5) is 5.48. The Hall–Kier alpha value is -3.37. The molecule has 0 bridgehead atoms. The third kappa shape index (κ3) is 3.85. The molecule has 0 radical (unpaired) electrons. The number of nitrogens with zero attached hydrogens (tertiary/aromatic N) is 1. The van der Waals surface area contributed by atoms with Gasteiger partial charge in [0, 0.05) is 23.3 Å². The van der Waals surface area contributed by atoms with E-state index in [0.29, 0.717) is 24.3 Å². The van der Waals surface area contributed by atoms with Crippen LogP contribution < -0.4 is 0 Å². The maximum atomic E-state index is 11.7. The molecule has 33 heavy (non-hydrogen) atoms. The molecule has 168 valence electrons. The van der Waals surface area contributed by atoms with Gasteiger partial charge in [0.25, 0.3) is 0 Å². The fraction of sp³-hybridized carbons (Fsp3) is 0.276. The maximum absolute atomic E-state index is 11.7. The fourth-order valence-electron chi connectivity index (χ4n) is 4.57. The van der Waals surface area contributed by atoms with Gasteiger partial charge >= 0.3 is 0 Å². The molecule has 4 nitrogen and oxygen atoms in total. The molecule has 0 saturated carbocycles. The van der Waals surface area contributed by atoms with Crippen molar-refractivity contribution in [2.24, 2.45) is 5.16 Å². The van der Waals surface area contributed by atoms with Gasteiger partial charge in [0.2, 0.25) is 6.29 Å². The lowest BCUT2D eigenvalue weighted by Gasteiger charge is -2.23. The van der Waals surface area contributed by atoms with Gasteiger partial charge in [0.05, 0.1) is 12.1 Å². The Bertz CT molecular complexity index is 1330. The van der Waals surface area contributed by atoms with E-state index in [4.69, 9.17) is 9.57 Å². The number of phenolic OH excluding ortho intramolecular Hbond substituents is 1. The van der Waals surface area contributed by atoms with E-state index < -0.39 is 6.29 Å². The summed E-state index contributed by atoms with van der Waals surface area (Å²) in [6.07, 6.45) is 0.0922. The van der Waals surface area contributed by atoms with E-state index in [9.17, 15) is 5.11 Å². The second-order valence-corrected chi connectivity index (χ2v) is 9.60. The molecule has 0 fully saturated rings. The van der Waals surface area contributed by atoms with E-state index >= 15 is 0 Å². The first-order valence-electron chi connectivity index (χ1n) is 11.5. The van der Waals surface area contributed by atoms with Gasteiger partial charge in [-0.2, -0.15) is 0 Å². The zero-order chi connectivity index (χ0) is 23.2. The molecule has 1 unspecified atom stereocenters. The lowest BCUT2D eigenvalue weighted by Crippen LogP contribution is -2.15. The third-order valence-corrected chi connectivity index (χ3v) is 6.32. The summed E-state index contributed by atoms with van der Waals surface area (Å²) in [5.41, 5.74) is 4.28. The number of rotatable bonds is 4. The molecule has 1 heterocycles. The van der Waals surface area contributed by atoms with Crippen LogP contribution in [-0.4, -0.2) is 23.7 Å². The first-order valence-corrected chi connectivity index (χ1v) is 11.5. The standard InChI is InChI=1S/C29H29NO3/c1-5-32-26-17-25(30-33-26)23-15-20(29(2,3)4)16-24(28(23)31)27-21-12-8-6-10-18(21)14-19-11-7-9-13-22(19)27/h6-16,26,31H,5,17H2,1-4H3. The average molecular weight is 440 g/mol. The van der Waals surface area contributed by atoms with Crippen LogP contribution in [-0.2, 0) is 15.0 Å². The maximum Gasteiger partial charge on any atom is 0.232 e. The topological polar surface area (TPSA) is 51.0 Å². The zero-order valence-corrected chi connectivity index (χ0v) is 19.6. The molecule has 1 aliphatic heterocycles. The molecule has 4 aromatic rings. The van der Waals surface area contributed by atoms with Crippen LogP contribution in [0.5, 0.6) is 5.75 Å². The van der Waals surface area contributed by atoms with Crippen molar-refractivity contribution in [3.05, 3.63) is 77.9 Å². The van der Waals surface area contributed by atoms with E-state index in [0.717, 1.165) is 38.2 Å². The predicted molar refractivity (Wildman–Crippen MR) is 135 cm³/mol. The molecular weight excluding hydrogens is 410 g/mol. The van der Waals surface area contributed by atoms with E-state index in [2.05, 4.69) is 74.5 Å². The highest BCUT2D eigenvalue weighted by Crippen LogP contribution is 2.44. The third-order valence-electron chi connectivity index (χ3n) is 6.32. The average Bonchev–Trinajstić information content (AvgIpc) is 3.26. The summed E-state index contributed by atoms with van der Waals surface area (Å²) in [5.74, 6) is 0.226. The molecular formula is C29H29NO3. The summed E-state index contributed by atoms with van der Waals surface area (Å²) < 4.78 is 5.60. The number of oxime groups is 1. The molecule has 1 aliphatic rings. The summed E-state index contributed by atoms with van der Waals surface area (Å²) in [5, 5.41) is 20.4. The van der Waals surface area contributed by atoms with Gasteiger partial charge in [0.15, 0.2) is 0 Å². The van der Waals surface area contributed by atoms with E-state index in [1.54, 1.807) is 0 Å². The highest BCUT2D eigenvalue weighted by molar-refractivity contribution is 6.15. The van der Waals surface area contributed by atoms with Crippen LogP contribution in [0.4, 0.5) is 0 Å². The fourth-order valence-corrected chi connectivity index (χ4v) is 4.57. The number of benzene rings is 4. The smallest absolute Gasteiger partial charge is 0.232 e. The number of ether oxygens (including phenoxy) is 1. The van der Waals surface area contributed by atoms with Crippen molar-refractivity contribution in [2.45, 2.75) is 45.8 Å². The Morgan fingerprint density at radius 3 is 2.15 bits per heavy atom. The van der Waals surface area contributed by atoms with Crippen molar-refractivity contribution in [1.29, 1.82) is 0 Å². The molecule has 0 amide bonds. The first-order chi connectivity index (χ1) is 15.9. The number of hydrogen-bond donors (Lipinski definition) is 1. The van der Waals surface area contributed by atoms with Crippen molar-refractivity contribution in [3.63, 3.8) is 0 Å². The van der Waals surface area contributed by atoms with Crippen molar-refractivity contribution in [3.8, 4) is 16.9 Å². The summed E-state index contributed by atoms with van der Waals surface area (Å²) in [6.45, 7) is 9.04. The Kier molecular flexibility index (Phi) is 5.34. The number of phenols is 1. The molecule has 0 aromatic heterocycles. The zero-order valence-electron chi connectivity index (χ0n) is 19.6. The van der Waals surface area contributed by atoms with Crippen LogP contribution in [0, 0.1) is 0 Å². The molecule has 4 aromatic carbocycles. The largest absolute Gasteiger partial charge is 0.507 e. The first kappa shape index (κ1) is 21.5. The normalized spacial score (nSPS) is 16.2. The Balaban J connectivity index is 1.81. The van der Waals surface area contributed by atoms with Crippen molar-refractivity contribution < 1.29 is 14.7 Å². The molecule has 0 aliphatic carbocycles. The Labute approximate surface area is 194 Å². The minimum Gasteiger partial charge on any atom is -0.507 e.